The third-order valence-corrected chi connectivity index (χ3v) is 6.28. The second-order valence-electron chi connectivity index (χ2n) is 7.65. The van der Waals surface area contributed by atoms with E-state index >= 15 is 0 Å². The molecule has 0 saturated carbocycles. The third-order valence-electron chi connectivity index (χ3n) is 5.27. The number of nitrogens with zero attached hydrogens (tertiary/aromatic N) is 4. The second kappa shape index (κ2) is 10.8. The van der Waals surface area contributed by atoms with Gasteiger partial charge in [-0.1, -0.05) is 42.1 Å². The highest BCUT2D eigenvalue weighted by Gasteiger charge is 2.22. The Morgan fingerprint density at radius 3 is 2.37 bits per heavy atom. The number of nitrogens with one attached hydrogen (secondary N) is 1. The van der Waals surface area contributed by atoms with Gasteiger partial charge in [-0.3, -0.25) is 19.5 Å². The number of non-ortho nitro benzene ring substituents is 1. The molecule has 1 N–H and O–H groups in total. The number of benzene rings is 3. The Labute approximate surface area is 206 Å². The number of carbonyl (C=O) groups excluding carboxylic acids is 1. The molecule has 0 radical (unpaired) electrons. The smallest absolute Gasteiger partial charge is 0.269 e. The van der Waals surface area contributed by atoms with Gasteiger partial charge in [-0.2, -0.15) is 0 Å². The molecule has 10 heteroatoms. The molecular formula is C25H23N5O4S. The number of hydrogen-bond donors (Lipinski definition) is 1. The fraction of sp³-hybridized carbons (Fsp3) is 0.160. The highest BCUT2D eigenvalue weighted by Crippen LogP contribution is 2.28. The molecular weight excluding hydrogens is 466 g/mol. The summed E-state index contributed by atoms with van der Waals surface area (Å²) < 4.78 is 6.96. The first-order valence-electron chi connectivity index (χ1n) is 10.8. The summed E-state index contributed by atoms with van der Waals surface area (Å²) in [5.41, 5.74) is 2.26. The van der Waals surface area contributed by atoms with Gasteiger partial charge in [0.1, 0.15) is 5.75 Å². The minimum Gasteiger partial charge on any atom is -0.497 e. The Kier molecular flexibility index (Phi) is 7.41. The van der Waals surface area contributed by atoms with E-state index < -0.39 is 11.0 Å². The van der Waals surface area contributed by atoms with E-state index in [0.29, 0.717) is 33.7 Å². The fourth-order valence-electron chi connectivity index (χ4n) is 3.43. The van der Waals surface area contributed by atoms with Crippen molar-refractivity contribution in [2.75, 3.05) is 7.11 Å². The van der Waals surface area contributed by atoms with Crippen LogP contribution in [0.4, 0.5) is 5.69 Å². The number of amides is 1. The van der Waals surface area contributed by atoms with E-state index in [1.54, 1.807) is 43.5 Å². The minimum absolute atomic E-state index is 0.0114. The Hall–Kier alpha value is -4.18. The molecule has 4 rings (SSSR count). The van der Waals surface area contributed by atoms with Crippen LogP contribution in [0.2, 0.25) is 0 Å². The summed E-state index contributed by atoms with van der Waals surface area (Å²) in [5, 5.41) is 23.4. The fourth-order valence-corrected chi connectivity index (χ4v) is 4.35. The average molecular weight is 490 g/mol. The van der Waals surface area contributed by atoms with Crippen LogP contribution in [-0.4, -0.2) is 32.7 Å². The summed E-state index contributed by atoms with van der Waals surface area (Å²) in [6, 6.07) is 22.4. The van der Waals surface area contributed by atoms with Gasteiger partial charge in [0.15, 0.2) is 11.0 Å². The molecule has 0 aliphatic carbocycles. The molecule has 0 bridgehead atoms. The first-order chi connectivity index (χ1) is 17.0. The van der Waals surface area contributed by atoms with Gasteiger partial charge < -0.3 is 10.1 Å². The van der Waals surface area contributed by atoms with E-state index in [-0.39, 0.29) is 11.6 Å². The van der Waals surface area contributed by atoms with Gasteiger partial charge in [0, 0.05) is 29.1 Å². The Morgan fingerprint density at radius 2 is 1.74 bits per heavy atom. The van der Waals surface area contributed by atoms with Crippen molar-refractivity contribution in [3.05, 3.63) is 106 Å². The van der Waals surface area contributed by atoms with Crippen molar-refractivity contribution in [3.63, 3.8) is 0 Å². The topological polar surface area (TPSA) is 112 Å². The molecule has 0 fully saturated rings. The van der Waals surface area contributed by atoms with Crippen molar-refractivity contribution in [1.82, 2.24) is 20.1 Å². The van der Waals surface area contributed by atoms with Crippen molar-refractivity contribution in [2.24, 2.45) is 0 Å². The molecule has 9 nitrogen and oxygen atoms in total. The standard InChI is InChI=1S/C25H23N5O4S/c1-17(26-24(31)19-8-14-22(34-2)15-9-19)23-27-28-25(35-16-18-6-4-3-5-7-18)29(23)20-10-12-21(13-11-20)30(32)33/h3-15,17H,16H2,1-2H3,(H,26,31). The molecule has 4 aromatic rings. The van der Waals surface area contributed by atoms with Crippen LogP contribution in [0.25, 0.3) is 5.69 Å². The summed E-state index contributed by atoms with van der Waals surface area (Å²) >= 11 is 1.49. The molecule has 1 atom stereocenters. The van der Waals surface area contributed by atoms with Crippen LogP contribution in [0.1, 0.15) is 34.7 Å². The first-order valence-corrected chi connectivity index (χ1v) is 11.8. The molecule has 35 heavy (non-hydrogen) atoms. The van der Waals surface area contributed by atoms with Crippen LogP contribution in [-0.2, 0) is 5.75 Å². The summed E-state index contributed by atoms with van der Waals surface area (Å²) in [5.74, 6) is 1.57. The van der Waals surface area contributed by atoms with Gasteiger partial charge >= 0.3 is 0 Å². The molecule has 178 valence electrons. The zero-order chi connectivity index (χ0) is 24.8. The molecule has 0 spiro atoms. The summed E-state index contributed by atoms with van der Waals surface area (Å²) in [7, 11) is 1.57. The predicted octanol–water partition coefficient (Wildman–Crippen LogP) is 4.97. The highest BCUT2D eigenvalue weighted by molar-refractivity contribution is 7.98. The maximum Gasteiger partial charge on any atom is 0.269 e. The quantitative estimate of drug-likeness (QED) is 0.201. The van der Waals surface area contributed by atoms with E-state index in [2.05, 4.69) is 15.5 Å². The Balaban J connectivity index is 1.62. The van der Waals surface area contributed by atoms with Gasteiger partial charge in [-0.15, -0.1) is 10.2 Å². The average Bonchev–Trinajstić information content (AvgIpc) is 3.32. The number of nitro groups is 1. The van der Waals surface area contributed by atoms with Gasteiger partial charge in [0.05, 0.1) is 18.1 Å². The summed E-state index contributed by atoms with van der Waals surface area (Å²) in [4.78, 5) is 23.5. The lowest BCUT2D eigenvalue weighted by molar-refractivity contribution is -0.384. The predicted molar refractivity (Wildman–Crippen MR) is 133 cm³/mol. The number of carbonyl (C=O) groups is 1. The normalized spacial score (nSPS) is 11.6. The zero-order valence-electron chi connectivity index (χ0n) is 19.1. The van der Waals surface area contributed by atoms with Crippen molar-refractivity contribution in [3.8, 4) is 11.4 Å². The zero-order valence-corrected chi connectivity index (χ0v) is 19.9. The van der Waals surface area contributed by atoms with Crippen molar-refractivity contribution in [1.29, 1.82) is 0 Å². The lowest BCUT2D eigenvalue weighted by Crippen LogP contribution is -2.28. The minimum atomic E-state index is -0.488. The molecule has 0 aliphatic heterocycles. The van der Waals surface area contributed by atoms with Crippen LogP contribution in [0.15, 0.2) is 84.0 Å². The van der Waals surface area contributed by atoms with Crippen LogP contribution in [0.3, 0.4) is 0 Å². The lowest BCUT2D eigenvalue weighted by Gasteiger charge is -2.16. The van der Waals surface area contributed by atoms with Gasteiger partial charge in [-0.25, -0.2) is 0 Å². The van der Waals surface area contributed by atoms with Gasteiger partial charge in [0.25, 0.3) is 11.6 Å². The lowest BCUT2D eigenvalue weighted by atomic mass is 10.2. The largest absolute Gasteiger partial charge is 0.497 e. The maximum absolute atomic E-state index is 12.8. The first kappa shape index (κ1) is 24.0. The number of ether oxygens (including phenoxy) is 1. The van der Waals surface area contributed by atoms with Crippen LogP contribution >= 0.6 is 11.8 Å². The molecule has 3 aromatic carbocycles. The van der Waals surface area contributed by atoms with Crippen molar-refractivity contribution in [2.45, 2.75) is 23.9 Å². The number of rotatable bonds is 9. The third kappa shape index (κ3) is 5.67. The van der Waals surface area contributed by atoms with E-state index in [1.807, 2.05) is 41.8 Å². The van der Waals surface area contributed by atoms with E-state index in [0.717, 1.165) is 5.56 Å². The SMILES string of the molecule is COc1ccc(C(=O)NC(C)c2nnc(SCc3ccccc3)n2-c2ccc([N+](=O)[O-])cc2)cc1. The number of hydrogen-bond acceptors (Lipinski definition) is 7. The van der Waals surface area contributed by atoms with Crippen molar-refractivity contribution >= 4 is 23.4 Å². The molecule has 1 heterocycles. The van der Waals surface area contributed by atoms with Crippen LogP contribution in [0.5, 0.6) is 5.75 Å². The summed E-state index contributed by atoms with van der Waals surface area (Å²) in [6.07, 6.45) is 0. The van der Waals surface area contributed by atoms with Crippen LogP contribution in [0, 0.1) is 10.1 Å². The number of aromatic nitrogens is 3. The van der Waals surface area contributed by atoms with Crippen LogP contribution < -0.4 is 10.1 Å². The van der Waals surface area contributed by atoms with E-state index in [9.17, 15) is 14.9 Å². The highest BCUT2D eigenvalue weighted by atomic mass is 32.2. The molecule has 1 amide bonds. The molecule has 1 unspecified atom stereocenters. The Morgan fingerprint density at radius 1 is 1.06 bits per heavy atom. The van der Waals surface area contributed by atoms with Gasteiger partial charge in [-0.05, 0) is 48.9 Å². The number of thioether (sulfide) groups is 1. The molecule has 0 saturated heterocycles. The second-order valence-corrected chi connectivity index (χ2v) is 8.59. The van der Waals surface area contributed by atoms with E-state index in [4.69, 9.17) is 4.74 Å². The number of nitro benzene ring substituents is 1. The Bertz CT molecular complexity index is 1310. The molecule has 1 aromatic heterocycles. The van der Waals surface area contributed by atoms with Gasteiger partial charge in [0.2, 0.25) is 0 Å². The monoisotopic (exact) mass is 489 g/mol. The number of methoxy groups -OCH3 is 1. The van der Waals surface area contributed by atoms with Crippen molar-refractivity contribution < 1.29 is 14.5 Å². The summed E-state index contributed by atoms with van der Waals surface area (Å²) in [6.45, 7) is 1.82. The molecule has 0 aliphatic rings. The maximum atomic E-state index is 12.8. The van der Waals surface area contributed by atoms with E-state index in [1.165, 1.54) is 23.9 Å².